The van der Waals surface area contributed by atoms with E-state index in [4.69, 9.17) is 0 Å². The summed E-state index contributed by atoms with van der Waals surface area (Å²) >= 11 is 0. The normalized spacial score (nSPS) is 9.41. The van der Waals surface area contributed by atoms with Crippen LogP contribution in [0.4, 0.5) is 0 Å². The van der Waals surface area contributed by atoms with Crippen molar-refractivity contribution >= 4 is 10.9 Å². The van der Waals surface area contributed by atoms with E-state index in [2.05, 4.69) is 4.98 Å². The Kier molecular flexibility index (Phi) is 3.71. The van der Waals surface area contributed by atoms with Gasteiger partial charge in [0.1, 0.15) is 11.3 Å². The van der Waals surface area contributed by atoms with E-state index >= 15 is 0 Å². The molecule has 1 aromatic heterocycles. The third-order valence-corrected chi connectivity index (χ3v) is 2.28. The highest BCUT2D eigenvalue weighted by Gasteiger charge is 1.96. The summed E-state index contributed by atoms with van der Waals surface area (Å²) in [6, 6.07) is 21.1. The number of aromatic hydroxyl groups is 1. The van der Waals surface area contributed by atoms with E-state index in [1.165, 1.54) is 0 Å². The molecule has 0 bridgehead atoms. The topological polar surface area (TPSA) is 33.1 Å². The van der Waals surface area contributed by atoms with Gasteiger partial charge in [0.15, 0.2) is 0 Å². The van der Waals surface area contributed by atoms with E-state index in [-0.39, 0.29) is 5.75 Å². The zero-order chi connectivity index (χ0) is 11.9. The number of pyridine rings is 1. The van der Waals surface area contributed by atoms with Crippen LogP contribution in [0.5, 0.6) is 5.75 Å². The maximum absolute atomic E-state index is 9.31. The number of rotatable bonds is 0. The Bertz CT molecular complexity index is 546. The summed E-state index contributed by atoms with van der Waals surface area (Å²) in [7, 11) is 0. The predicted octanol–water partition coefficient (Wildman–Crippen LogP) is 3.63. The molecular formula is C15H13NO. The van der Waals surface area contributed by atoms with Crippen LogP contribution in [0.1, 0.15) is 0 Å². The predicted molar refractivity (Wildman–Crippen MR) is 69.8 cm³/mol. The van der Waals surface area contributed by atoms with Crippen molar-refractivity contribution in [1.29, 1.82) is 0 Å². The van der Waals surface area contributed by atoms with Crippen LogP contribution in [0.25, 0.3) is 10.9 Å². The summed E-state index contributed by atoms with van der Waals surface area (Å²) in [6.07, 6.45) is 1.67. The highest BCUT2D eigenvalue weighted by Crippen LogP contribution is 2.20. The molecule has 3 rings (SSSR count). The van der Waals surface area contributed by atoms with Gasteiger partial charge in [-0.3, -0.25) is 4.98 Å². The monoisotopic (exact) mass is 223 g/mol. The molecule has 0 amide bonds. The van der Waals surface area contributed by atoms with Gasteiger partial charge in [-0.15, -0.1) is 0 Å². The van der Waals surface area contributed by atoms with Crippen molar-refractivity contribution in [3.05, 3.63) is 72.9 Å². The van der Waals surface area contributed by atoms with Crippen molar-refractivity contribution in [1.82, 2.24) is 4.98 Å². The first-order valence-corrected chi connectivity index (χ1v) is 5.40. The number of nitrogens with zero attached hydrogens (tertiary/aromatic N) is 1. The van der Waals surface area contributed by atoms with E-state index in [1.54, 1.807) is 18.3 Å². The molecule has 0 atom stereocenters. The average molecular weight is 223 g/mol. The lowest BCUT2D eigenvalue weighted by atomic mass is 10.2. The summed E-state index contributed by atoms with van der Waals surface area (Å²) < 4.78 is 0. The molecule has 17 heavy (non-hydrogen) atoms. The van der Waals surface area contributed by atoms with Crippen LogP contribution in [-0.4, -0.2) is 10.1 Å². The molecule has 84 valence electrons. The van der Waals surface area contributed by atoms with Crippen LogP contribution in [0.2, 0.25) is 0 Å². The maximum Gasteiger partial charge on any atom is 0.141 e. The Morgan fingerprint density at radius 2 is 1.29 bits per heavy atom. The Morgan fingerprint density at radius 3 is 1.88 bits per heavy atom. The lowest BCUT2D eigenvalue weighted by molar-refractivity contribution is 0.480. The minimum atomic E-state index is 0.239. The first-order chi connectivity index (χ1) is 8.38. The van der Waals surface area contributed by atoms with Crippen molar-refractivity contribution in [2.75, 3.05) is 0 Å². The number of benzene rings is 2. The number of phenolic OH excluding ortho intramolecular Hbond substituents is 1. The molecule has 1 N–H and O–H groups in total. The van der Waals surface area contributed by atoms with E-state index in [9.17, 15) is 5.11 Å². The van der Waals surface area contributed by atoms with Gasteiger partial charge >= 0.3 is 0 Å². The van der Waals surface area contributed by atoms with Crippen LogP contribution in [-0.2, 0) is 0 Å². The minimum absolute atomic E-state index is 0.239. The van der Waals surface area contributed by atoms with Crippen molar-refractivity contribution in [3.63, 3.8) is 0 Å². The molecule has 0 fully saturated rings. The summed E-state index contributed by atoms with van der Waals surface area (Å²) in [6.45, 7) is 0. The van der Waals surface area contributed by atoms with Gasteiger partial charge in [-0.25, -0.2) is 0 Å². The molecule has 0 radical (unpaired) electrons. The largest absolute Gasteiger partial charge is 0.506 e. The Balaban J connectivity index is 0.000000153. The van der Waals surface area contributed by atoms with Crippen molar-refractivity contribution < 1.29 is 5.11 Å². The fourth-order valence-electron chi connectivity index (χ4n) is 1.47. The Morgan fingerprint density at radius 1 is 0.706 bits per heavy atom. The molecule has 1 heterocycles. The first kappa shape index (κ1) is 11.1. The van der Waals surface area contributed by atoms with Crippen LogP contribution < -0.4 is 0 Å². The van der Waals surface area contributed by atoms with Gasteiger partial charge in [-0.2, -0.15) is 0 Å². The van der Waals surface area contributed by atoms with Gasteiger partial charge in [-0.1, -0.05) is 54.6 Å². The molecule has 0 aliphatic rings. The molecule has 2 heteroatoms. The molecule has 0 aliphatic carbocycles. The van der Waals surface area contributed by atoms with Gasteiger partial charge in [-0.05, 0) is 12.1 Å². The van der Waals surface area contributed by atoms with E-state index in [0.29, 0.717) is 5.52 Å². The number of hydrogen-bond acceptors (Lipinski definition) is 2. The summed E-state index contributed by atoms with van der Waals surface area (Å²) in [4.78, 5) is 4.03. The zero-order valence-corrected chi connectivity index (χ0v) is 9.32. The van der Waals surface area contributed by atoms with Crippen LogP contribution in [0.15, 0.2) is 72.9 Å². The van der Waals surface area contributed by atoms with Crippen LogP contribution >= 0.6 is 0 Å². The molecule has 0 unspecified atom stereocenters. The minimum Gasteiger partial charge on any atom is -0.506 e. The number of fused-ring (bicyclic) bond motifs is 1. The third kappa shape index (κ3) is 3.05. The summed E-state index contributed by atoms with van der Waals surface area (Å²) in [5.74, 6) is 0.239. The fraction of sp³-hybridized carbons (Fsp3) is 0. The summed E-state index contributed by atoms with van der Waals surface area (Å²) in [5, 5.41) is 10.3. The van der Waals surface area contributed by atoms with Gasteiger partial charge in [0, 0.05) is 11.6 Å². The first-order valence-electron chi connectivity index (χ1n) is 5.40. The number of hydrogen-bond donors (Lipinski definition) is 1. The van der Waals surface area contributed by atoms with Crippen molar-refractivity contribution in [2.45, 2.75) is 0 Å². The maximum atomic E-state index is 9.31. The van der Waals surface area contributed by atoms with Gasteiger partial charge in [0.25, 0.3) is 0 Å². The second kappa shape index (κ2) is 5.66. The number of aromatic nitrogens is 1. The fourth-order valence-corrected chi connectivity index (χ4v) is 1.47. The quantitative estimate of drug-likeness (QED) is 0.631. The highest BCUT2D eigenvalue weighted by molar-refractivity contribution is 5.83. The van der Waals surface area contributed by atoms with E-state index in [0.717, 1.165) is 5.39 Å². The molecule has 0 saturated carbocycles. The van der Waals surface area contributed by atoms with Crippen LogP contribution in [0, 0.1) is 0 Å². The van der Waals surface area contributed by atoms with Crippen molar-refractivity contribution in [2.24, 2.45) is 0 Å². The highest BCUT2D eigenvalue weighted by atomic mass is 16.3. The molecule has 3 aromatic rings. The smallest absolute Gasteiger partial charge is 0.141 e. The van der Waals surface area contributed by atoms with E-state index in [1.807, 2.05) is 54.6 Å². The third-order valence-electron chi connectivity index (χ3n) is 2.28. The van der Waals surface area contributed by atoms with E-state index < -0.39 is 0 Å². The molecule has 0 spiro atoms. The molecule has 2 nitrogen and oxygen atoms in total. The second-order valence-corrected chi connectivity index (χ2v) is 3.51. The molecule has 0 saturated heterocycles. The average Bonchev–Trinajstić information content (AvgIpc) is 2.42. The molecular weight excluding hydrogens is 210 g/mol. The second-order valence-electron chi connectivity index (χ2n) is 3.51. The number of para-hydroxylation sites is 1. The lowest BCUT2D eigenvalue weighted by Gasteiger charge is -1.96. The molecule has 0 aliphatic heterocycles. The lowest BCUT2D eigenvalue weighted by Crippen LogP contribution is -1.76. The number of phenols is 1. The Labute approximate surface area is 100 Å². The SMILES string of the molecule is Oc1cccc2cccnc12.c1ccccc1. The standard InChI is InChI=1S/C9H7NO.C6H6/c11-8-5-1-3-7-4-2-6-10-9(7)8;1-2-4-6-5-3-1/h1-6,11H;1-6H. The Hall–Kier alpha value is -2.35. The van der Waals surface area contributed by atoms with Gasteiger partial charge in [0.2, 0.25) is 0 Å². The van der Waals surface area contributed by atoms with Gasteiger partial charge in [0.05, 0.1) is 0 Å². The zero-order valence-electron chi connectivity index (χ0n) is 9.32. The van der Waals surface area contributed by atoms with Crippen LogP contribution in [0.3, 0.4) is 0 Å². The van der Waals surface area contributed by atoms with Crippen molar-refractivity contribution in [3.8, 4) is 5.75 Å². The van der Waals surface area contributed by atoms with Gasteiger partial charge < -0.3 is 5.11 Å². The molecule has 2 aromatic carbocycles. The summed E-state index contributed by atoms with van der Waals surface area (Å²) in [5.41, 5.74) is 0.662.